The first-order valence-corrected chi connectivity index (χ1v) is 11.1. The smallest absolute Gasteiger partial charge is 0.264 e. The van der Waals surface area contributed by atoms with Crippen molar-refractivity contribution in [2.75, 3.05) is 6.54 Å². The van der Waals surface area contributed by atoms with Crippen LogP contribution in [0.15, 0.2) is 48.0 Å². The number of thiophene rings is 1. The van der Waals surface area contributed by atoms with Crippen LogP contribution in [0.25, 0.3) is 0 Å². The Labute approximate surface area is 177 Å². The number of likely N-dealkylation sites (tertiary alicyclic amines) is 1. The first kappa shape index (κ1) is 18.8. The van der Waals surface area contributed by atoms with Crippen LogP contribution < -0.4 is 0 Å². The summed E-state index contributed by atoms with van der Waals surface area (Å²) >= 11 is 7.49. The number of nitrogens with zero attached hydrogens (tertiary/aromatic N) is 4. The van der Waals surface area contributed by atoms with Gasteiger partial charge in [-0.25, -0.2) is 4.68 Å². The molecule has 29 heavy (non-hydrogen) atoms. The molecule has 1 aromatic carbocycles. The lowest BCUT2D eigenvalue weighted by Crippen LogP contribution is -2.49. The first-order valence-electron chi connectivity index (χ1n) is 9.80. The summed E-state index contributed by atoms with van der Waals surface area (Å²) in [5, 5.41) is 22.1. The summed E-state index contributed by atoms with van der Waals surface area (Å²) in [6.45, 7) is 0.243. The highest BCUT2D eigenvalue weighted by atomic mass is 35.5. The highest BCUT2D eigenvalue weighted by Crippen LogP contribution is 2.41. The van der Waals surface area contributed by atoms with Gasteiger partial charge in [0.15, 0.2) is 0 Å². The van der Waals surface area contributed by atoms with E-state index in [0.717, 1.165) is 24.1 Å². The van der Waals surface area contributed by atoms with Crippen molar-refractivity contribution in [3.8, 4) is 0 Å². The van der Waals surface area contributed by atoms with Crippen molar-refractivity contribution in [2.45, 2.75) is 43.4 Å². The predicted octanol–water partition coefficient (Wildman–Crippen LogP) is 4.06. The van der Waals surface area contributed by atoms with Gasteiger partial charge in [-0.1, -0.05) is 35.0 Å². The lowest BCUT2D eigenvalue weighted by Gasteiger charge is -2.42. The molecule has 150 valence electrons. The van der Waals surface area contributed by atoms with E-state index in [0.29, 0.717) is 22.2 Å². The SMILES string of the molecule is O=C(c1cccs1)N1C[C@H](O)[C@H](n2cc(C3CC3)nn2)C[C@@H]1c1ccc(Cl)cc1. The summed E-state index contributed by atoms with van der Waals surface area (Å²) in [5.74, 6) is 0.447. The zero-order valence-electron chi connectivity index (χ0n) is 15.7. The van der Waals surface area contributed by atoms with Crippen molar-refractivity contribution in [3.63, 3.8) is 0 Å². The number of hydrogen-bond donors (Lipinski definition) is 1. The molecule has 2 fully saturated rings. The van der Waals surface area contributed by atoms with Crippen LogP contribution in [0.1, 0.15) is 58.2 Å². The fourth-order valence-electron chi connectivity index (χ4n) is 4.03. The Balaban J connectivity index is 1.47. The van der Waals surface area contributed by atoms with Gasteiger partial charge >= 0.3 is 0 Å². The van der Waals surface area contributed by atoms with Crippen LogP contribution >= 0.6 is 22.9 Å². The van der Waals surface area contributed by atoms with Gasteiger partial charge in [-0.3, -0.25) is 4.79 Å². The number of amides is 1. The third-order valence-corrected chi connectivity index (χ3v) is 6.89. The average Bonchev–Trinajstić information content (AvgIpc) is 3.22. The molecule has 8 heteroatoms. The monoisotopic (exact) mass is 428 g/mol. The van der Waals surface area contributed by atoms with Crippen LogP contribution in [-0.2, 0) is 0 Å². The first-order chi connectivity index (χ1) is 14.1. The highest BCUT2D eigenvalue weighted by molar-refractivity contribution is 7.12. The Morgan fingerprint density at radius 3 is 2.69 bits per heavy atom. The van der Waals surface area contributed by atoms with Gasteiger partial charge in [0.1, 0.15) is 0 Å². The Hall–Kier alpha value is -2.22. The fourth-order valence-corrected chi connectivity index (χ4v) is 4.84. The number of piperidine rings is 1. The molecule has 1 saturated heterocycles. The lowest BCUT2D eigenvalue weighted by atomic mass is 9.90. The summed E-state index contributed by atoms with van der Waals surface area (Å²) in [5.41, 5.74) is 2.00. The minimum atomic E-state index is -0.712. The summed E-state index contributed by atoms with van der Waals surface area (Å²) < 4.78 is 1.79. The lowest BCUT2D eigenvalue weighted by molar-refractivity contribution is -0.00384. The number of carbonyl (C=O) groups excluding carboxylic acids is 1. The molecule has 3 aromatic rings. The normalized spacial score (nSPS) is 24.6. The number of halogens is 1. The molecule has 0 spiro atoms. The minimum Gasteiger partial charge on any atom is -0.389 e. The molecule has 1 aliphatic carbocycles. The summed E-state index contributed by atoms with van der Waals surface area (Å²) in [4.78, 5) is 15.6. The maximum absolute atomic E-state index is 13.2. The number of hydrogen-bond acceptors (Lipinski definition) is 5. The minimum absolute atomic E-state index is 0.0605. The van der Waals surface area contributed by atoms with E-state index in [4.69, 9.17) is 11.6 Å². The molecule has 1 amide bonds. The molecule has 0 radical (unpaired) electrons. The number of aromatic nitrogens is 3. The van der Waals surface area contributed by atoms with Gasteiger partial charge in [0.05, 0.1) is 28.8 Å². The van der Waals surface area contributed by atoms with E-state index < -0.39 is 6.10 Å². The zero-order chi connectivity index (χ0) is 20.0. The molecule has 2 aromatic heterocycles. The molecule has 1 aliphatic heterocycles. The molecule has 3 heterocycles. The van der Waals surface area contributed by atoms with Crippen LogP contribution in [-0.4, -0.2) is 43.6 Å². The molecular weight excluding hydrogens is 408 g/mol. The van der Waals surface area contributed by atoms with Gasteiger partial charge < -0.3 is 10.0 Å². The third-order valence-electron chi connectivity index (χ3n) is 5.78. The van der Waals surface area contributed by atoms with E-state index in [2.05, 4.69) is 10.3 Å². The van der Waals surface area contributed by atoms with Gasteiger partial charge in [-0.15, -0.1) is 16.4 Å². The molecule has 6 nitrogen and oxygen atoms in total. The largest absolute Gasteiger partial charge is 0.389 e. The van der Waals surface area contributed by atoms with Gasteiger partial charge in [-0.2, -0.15) is 0 Å². The Morgan fingerprint density at radius 2 is 2.00 bits per heavy atom. The fraction of sp³-hybridized carbons (Fsp3) is 0.381. The van der Waals surface area contributed by atoms with Crippen molar-refractivity contribution in [1.82, 2.24) is 19.9 Å². The molecule has 3 atom stereocenters. The van der Waals surface area contributed by atoms with E-state index in [9.17, 15) is 9.90 Å². The third kappa shape index (κ3) is 3.70. The van der Waals surface area contributed by atoms with Crippen molar-refractivity contribution >= 4 is 28.8 Å². The molecule has 2 aliphatic rings. The number of benzene rings is 1. The highest BCUT2D eigenvalue weighted by Gasteiger charge is 2.40. The molecule has 0 unspecified atom stereocenters. The Bertz CT molecular complexity index is 1000. The maximum Gasteiger partial charge on any atom is 0.264 e. The van der Waals surface area contributed by atoms with E-state index in [1.54, 1.807) is 9.58 Å². The topological polar surface area (TPSA) is 71.2 Å². The Morgan fingerprint density at radius 1 is 1.21 bits per heavy atom. The van der Waals surface area contributed by atoms with Gasteiger partial charge in [0.25, 0.3) is 5.91 Å². The molecule has 1 saturated carbocycles. The number of aliphatic hydroxyl groups excluding tert-OH is 1. The van der Waals surface area contributed by atoms with Crippen molar-refractivity contribution in [3.05, 3.63) is 69.1 Å². The summed E-state index contributed by atoms with van der Waals surface area (Å²) in [7, 11) is 0. The second-order valence-electron chi connectivity index (χ2n) is 7.77. The van der Waals surface area contributed by atoms with Crippen LogP contribution in [0.4, 0.5) is 0 Å². The van der Waals surface area contributed by atoms with Gasteiger partial charge in [-0.05, 0) is 48.4 Å². The Kier molecular flexibility index (Phi) is 4.89. The van der Waals surface area contributed by atoms with E-state index in [1.807, 2.05) is 48.0 Å². The van der Waals surface area contributed by atoms with E-state index >= 15 is 0 Å². The number of carbonyl (C=O) groups is 1. The number of β-amino-alcohol motifs (C(OH)–C–C–N with tert-alkyl or cyclic N) is 1. The van der Waals surface area contributed by atoms with E-state index in [-0.39, 0.29) is 24.5 Å². The summed E-state index contributed by atoms with van der Waals surface area (Å²) in [6.07, 6.45) is 4.12. The van der Waals surface area contributed by atoms with Crippen molar-refractivity contribution in [1.29, 1.82) is 0 Å². The molecule has 1 N–H and O–H groups in total. The standard InChI is InChI=1S/C21H21ClN4O2S/c22-15-7-5-14(6-8-15)17-10-18(26-11-16(23-24-26)13-3-4-13)19(27)12-25(17)21(28)20-2-1-9-29-20/h1-2,5-9,11,13,17-19,27H,3-4,10,12H2/t17-,18-,19+/m1/s1. The van der Waals surface area contributed by atoms with Crippen LogP contribution in [0.3, 0.4) is 0 Å². The second kappa shape index (κ2) is 7.55. The molecule has 5 rings (SSSR count). The maximum atomic E-state index is 13.2. The van der Waals surface area contributed by atoms with Gasteiger partial charge in [0.2, 0.25) is 0 Å². The van der Waals surface area contributed by atoms with E-state index in [1.165, 1.54) is 11.3 Å². The van der Waals surface area contributed by atoms with Crippen LogP contribution in [0.2, 0.25) is 5.02 Å². The summed E-state index contributed by atoms with van der Waals surface area (Å²) in [6, 6.07) is 10.9. The van der Waals surface area contributed by atoms with Crippen LogP contribution in [0, 0.1) is 0 Å². The second-order valence-corrected chi connectivity index (χ2v) is 9.15. The molecular formula is C21H21ClN4O2S. The van der Waals surface area contributed by atoms with Crippen LogP contribution in [0.5, 0.6) is 0 Å². The number of rotatable bonds is 4. The van der Waals surface area contributed by atoms with Crippen molar-refractivity contribution < 1.29 is 9.90 Å². The average molecular weight is 429 g/mol. The zero-order valence-corrected chi connectivity index (χ0v) is 17.3. The predicted molar refractivity (Wildman–Crippen MR) is 111 cm³/mol. The quantitative estimate of drug-likeness (QED) is 0.680. The molecule has 0 bridgehead atoms. The van der Waals surface area contributed by atoms with Gasteiger partial charge in [0, 0.05) is 23.7 Å². The van der Waals surface area contributed by atoms with Crippen molar-refractivity contribution in [2.24, 2.45) is 0 Å². The number of aliphatic hydroxyl groups is 1.